The van der Waals surface area contributed by atoms with E-state index >= 15 is 0 Å². The molecule has 1 aromatic carbocycles. The number of ether oxygens (including phenoxy) is 1. The van der Waals surface area contributed by atoms with Crippen molar-refractivity contribution >= 4 is 0 Å². The van der Waals surface area contributed by atoms with Crippen LogP contribution in [0.1, 0.15) is 17.2 Å². The van der Waals surface area contributed by atoms with Gasteiger partial charge < -0.3 is 9.84 Å². The lowest BCUT2D eigenvalue weighted by molar-refractivity contribution is 0.173. The maximum atomic E-state index is 13.7. The van der Waals surface area contributed by atoms with E-state index in [1.54, 1.807) is 30.2 Å². The molecule has 1 unspecified atom stereocenters. The minimum Gasteiger partial charge on any atom is -0.497 e. The number of aryl methyl sites for hydroxylation is 1. The SMILES string of the molecule is COc1ccc(C(O)Cc2cnn(C)c2)c(F)c1. The van der Waals surface area contributed by atoms with Crippen LogP contribution in [0.2, 0.25) is 0 Å². The molecule has 0 bridgehead atoms. The van der Waals surface area contributed by atoms with Crippen molar-refractivity contribution in [2.45, 2.75) is 12.5 Å². The van der Waals surface area contributed by atoms with Gasteiger partial charge in [-0.1, -0.05) is 0 Å². The van der Waals surface area contributed by atoms with Gasteiger partial charge in [0.05, 0.1) is 19.4 Å². The molecule has 96 valence electrons. The zero-order valence-corrected chi connectivity index (χ0v) is 10.3. The molecule has 1 N–H and O–H groups in total. The van der Waals surface area contributed by atoms with Crippen molar-refractivity contribution < 1.29 is 14.2 Å². The highest BCUT2D eigenvalue weighted by atomic mass is 19.1. The molecular formula is C13H15FN2O2. The summed E-state index contributed by atoms with van der Waals surface area (Å²) in [5.74, 6) is -0.0319. The summed E-state index contributed by atoms with van der Waals surface area (Å²) in [7, 11) is 3.27. The molecule has 5 heteroatoms. The predicted octanol–water partition coefficient (Wildman–Crippen LogP) is 1.84. The number of rotatable bonds is 4. The third kappa shape index (κ3) is 2.68. The Hall–Kier alpha value is -1.88. The standard InChI is InChI=1S/C13H15FN2O2/c1-16-8-9(7-15-16)5-13(17)11-4-3-10(18-2)6-12(11)14/h3-4,6-8,13,17H,5H2,1-2H3. The summed E-state index contributed by atoms with van der Waals surface area (Å²) in [5, 5.41) is 14.0. The smallest absolute Gasteiger partial charge is 0.132 e. The summed E-state index contributed by atoms with van der Waals surface area (Å²) in [6, 6.07) is 4.43. The van der Waals surface area contributed by atoms with E-state index in [4.69, 9.17) is 4.74 Å². The minimum absolute atomic E-state index is 0.264. The largest absolute Gasteiger partial charge is 0.497 e. The second kappa shape index (κ2) is 5.18. The van der Waals surface area contributed by atoms with Crippen LogP contribution in [0, 0.1) is 5.82 Å². The predicted molar refractivity (Wildman–Crippen MR) is 64.8 cm³/mol. The average Bonchev–Trinajstić information content (AvgIpc) is 2.74. The van der Waals surface area contributed by atoms with Gasteiger partial charge in [-0.25, -0.2) is 4.39 Å². The zero-order chi connectivity index (χ0) is 13.1. The zero-order valence-electron chi connectivity index (χ0n) is 10.3. The molecule has 0 fully saturated rings. The molecule has 0 spiro atoms. The van der Waals surface area contributed by atoms with Crippen molar-refractivity contribution in [2.75, 3.05) is 7.11 Å². The number of methoxy groups -OCH3 is 1. The second-order valence-electron chi connectivity index (χ2n) is 4.13. The second-order valence-corrected chi connectivity index (χ2v) is 4.13. The summed E-state index contributed by atoms with van der Waals surface area (Å²) in [5.41, 5.74) is 1.12. The first-order chi connectivity index (χ1) is 8.60. The third-order valence-corrected chi connectivity index (χ3v) is 2.75. The Bertz CT molecular complexity index is 540. The van der Waals surface area contributed by atoms with E-state index < -0.39 is 11.9 Å². The van der Waals surface area contributed by atoms with Crippen LogP contribution < -0.4 is 4.74 Å². The minimum atomic E-state index is -0.889. The van der Waals surface area contributed by atoms with Gasteiger partial charge in [-0.3, -0.25) is 4.68 Å². The number of aliphatic hydroxyl groups is 1. The summed E-state index contributed by atoms with van der Waals surface area (Å²) in [6.07, 6.45) is 2.90. The molecule has 18 heavy (non-hydrogen) atoms. The van der Waals surface area contributed by atoms with Crippen LogP contribution in [-0.4, -0.2) is 22.0 Å². The van der Waals surface area contributed by atoms with E-state index in [1.165, 1.54) is 19.2 Å². The number of benzene rings is 1. The highest BCUT2D eigenvalue weighted by molar-refractivity contribution is 5.30. The molecule has 0 saturated carbocycles. The van der Waals surface area contributed by atoms with Gasteiger partial charge in [0.2, 0.25) is 0 Å². The van der Waals surface area contributed by atoms with Gasteiger partial charge >= 0.3 is 0 Å². The number of aromatic nitrogens is 2. The summed E-state index contributed by atoms with van der Waals surface area (Å²) < 4.78 is 20.3. The van der Waals surface area contributed by atoms with Gasteiger partial charge in [0.1, 0.15) is 11.6 Å². The van der Waals surface area contributed by atoms with E-state index in [2.05, 4.69) is 5.10 Å². The van der Waals surface area contributed by atoms with Crippen LogP contribution >= 0.6 is 0 Å². The van der Waals surface area contributed by atoms with Crippen molar-refractivity contribution in [1.29, 1.82) is 0 Å². The summed E-state index contributed by atoms with van der Waals surface area (Å²) in [4.78, 5) is 0. The van der Waals surface area contributed by atoms with Crippen molar-refractivity contribution in [3.63, 3.8) is 0 Å². The van der Waals surface area contributed by atoms with Gasteiger partial charge in [0.15, 0.2) is 0 Å². The van der Waals surface area contributed by atoms with Gasteiger partial charge in [-0.15, -0.1) is 0 Å². The maximum Gasteiger partial charge on any atom is 0.132 e. The molecule has 1 heterocycles. The molecule has 1 atom stereocenters. The van der Waals surface area contributed by atoms with E-state index in [-0.39, 0.29) is 5.56 Å². The number of halogens is 1. The third-order valence-electron chi connectivity index (χ3n) is 2.75. The van der Waals surface area contributed by atoms with Gasteiger partial charge in [-0.2, -0.15) is 5.10 Å². The number of hydrogen-bond acceptors (Lipinski definition) is 3. The first kappa shape index (κ1) is 12.6. The lowest BCUT2D eigenvalue weighted by Crippen LogP contribution is -2.04. The fourth-order valence-corrected chi connectivity index (χ4v) is 1.82. The van der Waals surface area contributed by atoms with Crippen LogP contribution in [0.5, 0.6) is 5.75 Å². The number of hydrogen-bond donors (Lipinski definition) is 1. The molecule has 0 aliphatic heterocycles. The molecule has 0 saturated heterocycles. The Kier molecular flexibility index (Phi) is 3.62. The van der Waals surface area contributed by atoms with Crippen LogP contribution in [-0.2, 0) is 13.5 Å². The van der Waals surface area contributed by atoms with Crippen LogP contribution in [0.4, 0.5) is 4.39 Å². The Morgan fingerprint density at radius 2 is 2.28 bits per heavy atom. The quantitative estimate of drug-likeness (QED) is 0.900. The van der Waals surface area contributed by atoms with Crippen molar-refractivity contribution in [1.82, 2.24) is 9.78 Å². The highest BCUT2D eigenvalue weighted by Crippen LogP contribution is 2.24. The summed E-state index contributed by atoms with van der Waals surface area (Å²) >= 11 is 0. The fraction of sp³-hybridized carbons (Fsp3) is 0.308. The molecule has 1 aromatic heterocycles. The first-order valence-electron chi connectivity index (χ1n) is 5.59. The van der Waals surface area contributed by atoms with E-state index in [0.717, 1.165) is 5.56 Å². The van der Waals surface area contributed by atoms with E-state index in [9.17, 15) is 9.50 Å². The van der Waals surface area contributed by atoms with Crippen LogP contribution in [0.3, 0.4) is 0 Å². The molecule has 4 nitrogen and oxygen atoms in total. The number of nitrogens with zero attached hydrogens (tertiary/aromatic N) is 2. The van der Waals surface area contributed by atoms with Crippen molar-refractivity contribution in [3.05, 3.63) is 47.5 Å². The van der Waals surface area contributed by atoms with Gasteiger partial charge in [0.25, 0.3) is 0 Å². The molecule has 0 amide bonds. The van der Waals surface area contributed by atoms with Gasteiger partial charge in [0, 0.05) is 31.3 Å². The Morgan fingerprint density at radius 3 is 2.83 bits per heavy atom. The van der Waals surface area contributed by atoms with E-state index in [0.29, 0.717) is 12.2 Å². The molecular weight excluding hydrogens is 235 g/mol. The maximum absolute atomic E-state index is 13.7. The lowest BCUT2D eigenvalue weighted by atomic mass is 10.0. The average molecular weight is 250 g/mol. The Labute approximate surface area is 105 Å². The monoisotopic (exact) mass is 250 g/mol. The molecule has 0 aliphatic carbocycles. The normalized spacial score (nSPS) is 12.4. The Balaban J connectivity index is 2.15. The lowest BCUT2D eigenvalue weighted by Gasteiger charge is -2.11. The van der Waals surface area contributed by atoms with Gasteiger partial charge in [-0.05, 0) is 17.7 Å². The van der Waals surface area contributed by atoms with Crippen molar-refractivity contribution in [2.24, 2.45) is 7.05 Å². The molecule has 2 aromatic rings. The highest BCUT2D eigenvalue weighted by Gasteiger charge is 2.14. The topological polar surface area (TPSA) is 47.3 Å². The summed E-state index contributed by atoms with van der Waals surface area (Å²) in [6.45, 7) is 0. The first-order valence-corrected chi connectivity index (χ1v) is 5.59. The molecule has 2 rings (SSSR count). The molecule has 0 aliphatic rings. The van der Waals surface area contributed by atoms with Crippen molar-refractivity contribution in [3.8, 4) is 5.75 Å². The van der Waals surface area contributed by atoms with Crippen LogP contribution in [0.15, 0.2) is 30.6 Å². The van der Waals surface area contributed by atoms with E-state index in [1.807, 2.05) is 0 Å². The number of aliphatic hydroxyl groups excluding tert-OH is 1. The Morgan fingerprint density at radius 1 is 1.50 bits per heavy atom. The fourth-order valence-electron chi connectivity index (χ4n) is 1.82. The molecule has 0 radical (unpaired) electrons. The van der Waals surface area contributed by atoms with Crippen LogP contribution in [0.25, 0.3) is 0 Å².